The van der Waals surface area contributed by atoms with Gasteiger partial charge in [-0.15, -0.1) is 0 Å². The molecule has 120 valence electrons. The number of ether oxygens (including phenoxy) is 1. The second kappa shape index (κ2) is 7.93. The smallest absolute Gasteiger partial charge is 0.307 e. The molecule has 2 aromatic rings. The summed E-state index contributed by atoms with van der Waals surface area (Å²) in [4.78, 5) is 22.3. The average molecular weight is 317 g/mol. The fourth-order valence-corrected chi connectivity index (χ4v) is 1.88. The first-order valence-electron chi connectivity index (χ1n) is 6.97. The minimum atomic E-state index is -0.904. The van der Waals surface area contributed by atoms with Gasteiger partial charge in [0.15, 0.2) is 6.61 Å². The van der Waals surface area contributed by atoms with E-state index in [0.717, 1.165) is 5.56 Å². The van der Waals surface area contributed by atoms with Crippen molar-refractivity contribution >= 4 is 11.9 Å². The molecule has 0 saturated carbocycles. The molecule has 0 heterocycles. The number of carboxylic acids is 1. The van der Waals surface area contributed by atoms with Crippen LogP contribution >= 0.6 is 0 Å². The van der Waals surface area contributed by atoms with Gasteiger partial charge in [-0.1, -0.05) is 24.3 Å². The van der Waals surface area contributed by atoms with E-state index >= 15 is 0 Å². The molecule has 0 fully saturated rings. The zero-order valence-electron chi connectivity index (χ0n) is 12.3. The van der Waals surface area contributed by atoms with Crippen molar-refractivity contribution < 1.29 is 23.8 Å². The predicted molar refractivity (Wildman–Crippen MR) is 81.5 cm³/mol. The third-order valence-corrected chi connectivity index (χ3v) is 3.05. The summed E-state index contributed by atoms with van der Waals surface area (Å²) in [5.74, 6) is -1.05. The maximum Gasteiger partial charge on any atom is 0.307 e. The van der Waals surface area contributed by atoms with Crippen LogP contribution in [-0.4, -0.2) is 23.6 Å². The lowest BCUT2D eigenvalue weighted by Crippen LogP contribution is -2.28. The van der Waals surface area contributed by atoms with Crippen molar-refractivity contribution in [2.45, 2.75) is 13.0 Å². The molecule has 0 aliphatic rings. The molecule has 0 saturated heterocycles. The van der Waals surface area contributed by atoms with E-state index in [1.54, 1.807) is 36.4 Å². The fourth-order valence-electron chi connectivity index (χ4n) is 1.88. The Morgan fingerprint density at radius 2 is 1.61 bits per heavy atom. The molecule has 5 nitrogen and oxygen atoms in total. The number of carbonyl (C=O) groups excluding carboxylic acids is 1. The normalized spacial score (nSPS) is 10.1. The van der Waals surface area contributed by atoms with Crippen LogP contribution in [0.4, 0.5) is 4.39 Å². The van der Waals surface area contributed by atoms with Crippen LogP contribution in [0, 0.1) is 5.82 Å². The molecule has 0 radical (unpaired) electrons. The lowest BCUT2D eigenvalue weighted by molar-refractivity contribution is -0.136. The van der Waals surface area contributed by atoms with Crippen LogP contribution in [0.2, 0.25) is 0 Å². The van der Waals surface area contributed by atoms with Crippen LogP contribution < -0.4 is 10.1 Å². The van der Waals surface area contributed by atoms with E-state index in [1.807, 2.05) is 0 Å². The lowest BCUT2D eigenvalue weighted by Gasteiger charge is -2.08. The molecule has 2 aromatic carbocycles. The minimum Gasteiger partial charge on any atom is -0.484 e. The van der Waals surface area contributed by atoms with Crippen LogP contribution in [0.25, 0.3) is 0 Å². The number of benzene rings is 2. The Kier molecular flexibility index (Phi) is 5.68. The zero-order valence-corrected chi connectivity index (χ0v) is 12.3. The summed E-state index contributed by atoms with van der Waals surface area (Å²) in [5.41, 5.74) is 1.45. The highest BCUT2D eigenvalue weighted by molar-refractivity contribution is 5.77. The van der Waals surface area contributed by atoms with Gasteiger partial charge in [-0.2, -0.15) is 0 Å². The van der Waals surface area contributed by atoms with Crippen LogP contribution in [-0.2, 0) is 22.6 Å². The third-order valence-electron chi connectivity index (χ3n) is 3.05. The molecule has 1 amide bonds. The molecule has 6 heteroatoms. The van der Waals surface area contributed by atoms with Crippen LogP contribution in [0.5, 0.6) is 5.75 Å². The molecular weight excluding hydrogens is 301 g/mol. The summed E-state index contributed by atoms with van der Waals surface area (Å²) in [6.07, 6.45) is -0.0571. The van der Waals surface area contributed by atoms with Gasteiger partial charge in [0.05, 0.1) is 6.42 Å². The van der Waals surface area contributed by atoms with Crippen LogP contribution in [0.15, 0.2) is 48.5 Å². The number of halogens is 1. The van der Waals surface area contributed by atoms with E-state index in [2.05, 4.69) is 5.32 Å². The molecule has 2 N–H and O–H groups in total. The van der Waals surface area contributed by atoms with E-state index < -0.39 is 5.97 Å². The molecular formula is C17H16FNO4. The van der Waals surface area contributed by atoms with Gasteiger partial charge < -0.3 is 15.2 Å². The molecule has 23 heavy (non-hydrogen) atoms. The number of nitrogens with one attached hydrogen (secondary N) is 1. The highest BCUT2D eigenvalue weighted by Gasteiger charge is 2.04. The van der Waals surface area contributed by atoms with Crippen molar-refractivity contribution in [3.63, 3.8) is 0 Å². The predicted octanol–water partition coefficient (Wildman–Crippen LogP) is 2.15. The Balaban J connectivity index is 1.75. The van der Waals surface area contributed by atoms with E-state index in [-0.39, 0.29) is 24.8 Å². The second-order valence-electron chi connectivity index (χ2n) is 4.91. The van der Waals surface area contributed by atoms with Crippen molar-refractivity contribution in [2.24, 2.45) is 0 Å². The highest BCUT2D eigenvalue weighted by Crippen LogP contribution is 2.12. The topological polar surface area (TPSA) is 75.6 Å². The standard InChI is InChI=1S/C17H16FNO4/c18-14-5-1-13(2-6-14)10-19-16(20)11-23-15-7-3-12(4-8-15)9-17(21)22/h1-8H,9-11H2,(H,19,20)(H,21,22). The number of hydrogen-bond donors (Lipinski definition) is 2. The third kappa shape index (κ3) is 5.78. The van der Waals surface area contributed by atoms with Crippen molar-refractivity contribution in [3.05, 3.63) is 65.5 Å². The van der Waals surface area contributed by atoms with Gasteiger partial charge in [0.2, 0.25) is 0 Å². The maximum absolute atomic E-state index is 12.8. The summed E-state index contributed by atoms with van der Waals surface area (Å²) >= 11 is 0. The summed E-state index contributed by atoms with van der Waals surface area (Å²) in [6.45, 7) is 0.138. The largest absolute Gasteiger partial charge is 0.484 e. The van der Waals surface area contributed by atoms with Crippen molar-refractivity contribution in [2.75, 3.05) is 6.61 Å². The summed E-state index contributed by atoms with van der Waals surface area (Å²) in [6, 6.07) is 12.4. The Bertz CT molecular complexity index is 668. The van der Waals surface area contributed by atoms with E-state index in [9.17, 15) is 14.0 Å². The SMILES string of the molecule is O=C(O)Cc1ccc(OCC(=O)NCc2ccc(F)cc2)cc1. The molecule has 0 unspecified atom stereocenters. The number of aliphatic carboxylic acids is 1. The highest BCUT2D eigenvalue weighted by atomic mass is 19.1. The van der Waals surface area contributed by atoms with Gasteiger partial charge in [-0.3, -0.25) is 9.59 Å². The number of hydrogen-bond acceptors (Lipinski definition) is 3. The van der Waals surface area contributed by atoms with Gasteiger partial charge in [-0.25, -0.2) is 4.39 Å². The van der Waals surface area contributed by atoms with Crippen LogP contribution in [0.3, 0.4) is 0 Å². The fraction of sp³-hybridized carbons (Fsp3) is 0.176. The minimum absolute atomic E-state index is 0.0571. The zero-order chi connectivity index (χ0) is 16.7. The van der Waals surface area contributed by atoms with Gasteiger partial charge in [0.25, 0.3) is 5.91 Å². The molecule has 0 bridgehead atoms. The van der Waals surface area contributed by atoms with E-state index in [0.29, 0.717) is 17.9 Å². The molecule has 0 aliphatic carbocycles. The maximum atomic E-state index is 12.8. The Hall–Kier alpha value is -2.89. The molecule has 2 rings (SSSR count). The monoisotopic (exact) mass is 317 g/mol. The first kappa shape index (κ1) is 16.5. The van der Waals surface area contributed by atoms with E-state index in [4.69, 9.17) is 9.84 Å². The Morgan fingerprint density at radius 1 is 1.00 bits per heavy atom. The van der Waals surface area contributed by atoms with Crippen molar-refractivity contribution in [1.29, 1.82) is 0 Å². The van der Waals surface area contributed by atoms with E-state index in [1.165, 1.54) is 12.1 Å². The number of amides is 1. The van der Waals surface area contributed by atoms with Gasteiger partial charge in [0, 0.05) is 6.54 Å². The van der Waals surface area contributed by atoms with Crippen molar-refractivity contribution in [1.82, 2.24) is 5.32 Å². The summed E-state index contributed by atoms with van der Waals surface area (Å²) in [5, 5.41) is 11.3. The summed E-state index contributed by atoms with van der Waals surface area (Å²) < 4.78 is 18.1. The van der Waals surface area contributed by atoms with Gasteiger partial charge in [-0.05, 0) is 35.4 Å². The number of carboxylic acid groups (broad SMARTS) is 1. The first-order valence-corrected chi connectivity index (χ1v) is 6.97. The second-order valence-corrected chi connectivity index (χ2v) is 4.91. The van der Waals surface area contributed by atoms with Gasteiger partial charge >= 0.3 is 5.97 Å². The lowest BCUT2D eigenvalue weighted by atomic mass is 10.1. The molecule has 0 aromatic heterocycles. The Morgan fingerprint density at radius 3 is 2.22 bits per heavy atom. The number of rotatable bonds is 7. The molecule has 0 aliphatic heterocycles. The molecule has 0 spiro atoms. The first-order chi connectivity index (χ1) is 11.0. The number of carbonyl (C=O) groups is 2. The molecule has 0 atom stereocenters. The summed E-state index contributed by atoms with van der Waals surface area (Å²) in [7, 11) is 0. The van der Waals surface area contributed by atoms with Crippen LogP contribution in [0.1, 0.15) is 11.1 Å². The Labute approximate surface area is 132 Å². The van der Waals surface area contributed by atoms with Gasteiger partial charge in [0.1, 0.15) is 11.6 Å². The average Bonchev–Trinajstić information content (AvgIpc) is 2.53. The quantitative estimate of drug-likeness (QED) is 0.820. The van der Waals surface area contributed by atoms with Crippen molar-refractivity contribution in [3.8, 4) is 5.75 Å².